The van der Waals surface area contributed by atoms with E-state index >= 15 is 0 Å². The van der Waals surface area contributed by atoms with Crippen LogP contribution in [0.2, 0.25) is 0 Å². The molecular weight excluding hydrogens is 585 g/mol. The molecule has 0 spiro atoms. The lowest BCUT2D eigenvalue weighted by molar-refractivity contribution is -0.176. The molecule has 0 aliphatic carbocycles. The maximum atomic E-state index is 14.1. The second-order valence-electron chi connectivity index (χ2n) is 9.89. The van der Waals surface area contributed by atoms with Crippen LogP contribution in [0.25, 0.3) is 0 Å². The highest BCUT2D eigenvalue weighted by molar-refractivity contribution is 7.89. The molecule has 10 heteroatoms. The summed E-state index contributed by atoms with van der Waals surface area (Å²) in [6.45, 7) is 1.74. The number of carbonyl (C=O) groups excluding carboxylic acids is 2. The third-order valence-corrected chi connectivity index (χ3v) is 8.36. The highest BCUT2D eigenvalue weighted by atomic mass is 32.2. The summed E-state index contributed by atoms with van der Waals surface area (Å²) in [6, 6.07) is 28.8. The summed E-state index contributed by atoms with van der Waals surface area (Å²) in [4.78, 5) is 27.0. The largest absolute Gasteiger partial charge is 0.467 e. The summed E-state index contributed by atoms with van der Waals surface area (Å²) < 4.78 is 60.1. The Kier molecular flexibility index (Phi) is 10.3. The van der Waals surface area contributed by atoms with Crippen molar-refractivity contribution >= 4 is 22.0 Å². The number of ether oxygens (including phenoxy) is 3. The van der Waals surface area contributed by atoms with E-state index in [0.717, 1.165) is 18.2 Å². The molecule has 2 atom stereocenters. The third kappa shape index (κ3) is 7.21. The van der Waals surface area contributed by atoms with Gasteiger partial charge in [0.2, 0.25) is 5.60 Å². The van der Waals surface area contributed by atoms with Crippen LogP contribution < -0.4 is 4.72 Å². The number of sulfonamides is 1. The van der Waals surface area contributed by atoms with Crippen molar-refractivity contribution in [3.8, 4) is 0 Å². The fourth-order valence-electron chi connectivity index (χ4n) is 4.73. The number of aryl methyl sites for hydroxylation is 1. The Balaban J connectivity index is 1.98. The average Bonchev–Trinajstić information content (AvgIpc) is 3.05. The molecule has 0 saturated heterocycles. The van der Waals surface area contributed by atoms with E-state index < -0.39 is 45.0 Å². The number of benzene rings is 4. The lowest BCUT2D eigenvalue weighted by Gasteiger charge is -2.38. The fraction of sp³-hybridized carbons (Fsp3) is 0.176. The van der Waals surface area contributed by atoms with Crippen LogP contribution in [-0.4, -0.2) is 34.6 Å². The van der Waals surface area contributed by atoms with Crippen LogP contribution in [0.3, 0.4) is 0 Å². The molecular formula is C34H32FNO7S. The lowest BCUT2D eigenvalue weighted by atomic mass is 9.76. The van der Waals surface area contributed by atoms with Crippen molar-refractivity contribution in [1.82, 2.24) is 4.72 Å². The minimum atomic E-state index is -4.29. The van der Waals surface area contributed by atoms with Gasteiger partial charge in [0.05, 0.1) is 25.7 Å². The molecule has 0 fully saturated rings. The number of halogens is 1. The summed E-state index contributed by atoms with van der Waals surface area (Å²) in [5.41, 5.74) is -0.242. The zero-order valence-corrected chi connectivity index (χ0v) is 25.2. The van der Waals surface area contributed by atoms with Gasteiger partial charge in [0.15, 0.2) is 0 Å². The van der Waals surface area contributed by atoms with Gasteiger partial charge in [0.25, 0.3) is 10.0 Å². The zero-order chi connectivity index (χ0) is 31.7. The molecule has 0 bridgehead atoms. The standard InChI is InChI=1S/C34H32FNO7S/c1-24-14-20-29(21-15-24)44(39,40)36-31(32(37)41-2)22-30(26-16-18-28(35)19-17-26)34(33(38)42-3,27-12-8-5-9-13-27)43-23-25-10-6-4-7-11-25/h4-22,30,36H,23H2,1-3H3/b31-22-. The Hall–Kier alpha value is -4.80. The Morgan fingerprint density at radius 3 is 2.00 bits per heavy atom. The highest BCUT2D eigenvalue weighted by Crippen LogP contribution is 2.44. The predicted octanol–water partition coefficient (Wildman–Crippen LogP) is 5.54. The smallest absolute Gasteiger partial charge is 0.354 e. The molecule has 0 aliphatic heterocycles. The van der Waals surface area contributed by atoms with Crippen LogP contribution in [0.4, 0.5) is 4.39 Å². The monoisotopic (exact) mass is 617 g/mol. The van der Waals surface area contributed by atoms with E-state index in [4.69, 9.17) is 14.2 Å². The molecule has 0 amide bonds. The summed E-state index contributed by atoms with van der Waals surface area (Å²) in [7, 11) is -2.00. The molecule has 4 aromatic carbocycles. The number of rotatable bonds is 12. The number of esters is 2. The van der Waals surface area contributed by atoms with Gasteiger partial charge in [-0.2, -0.15) is 0 Å². The Morgan fingerprint density at radius 1 is 0.841 bits per heavy atom. The SMILES string of the molecule is COC(=O)/C(=C/C(c1ccc(F)cc1)C(OCc1ccccc1)(C(=O)OC)c1ccccc1)NS(=O)(=O)c1ccc(C)cc1. The van der Waals surface area contributed by atoms with E-state index in [1.807, 2.05) is 37.3 Å². The van der Waals surface area contributed by atoms with Crippen molar-refractivity contribution in [3.05, 3.63) is 149 Å². The van der Waals surface area contributed by atoms with Crippen molar-refractivity contribution in [1.29, 1.82) is 0 Å². The molecule has 4 rings (SSSR count). The van der Waals surface area contributed by atoms with Gasteiger partial charge in [-0.15, -0.1) is 0 Å². The molecule has 0 saturated carbocycles. The predicted molar refractivity (Wildman–Crippen MR) is 162 cm³/mol. The van der Waals surface area contributed by atoms with Gasteiger partial charge in [-0.1, -0.05) is 90.5 Å². The van der Waals surface area contributed by atoms with Gasteiger partial charge in [-0.05, 0) is 54.0 Å². The minimum Gasteiger partial charge on any atom is -0.467 e. The van der Waals surface area contributed by atoms with Gasteiger partial charge < -0.3 is 14.2 Å². The van der Waals surface area contributed by atoms with Crippen molar-refractivity contribution in [2.45, 2.75) is 29.9 Å². The van der Waals surface area contributed by atoms with Crippen molar-refractivity contribution in [2.24, 2.45) is 0 Å². The maximum Gasteiger partial charge on any atom is 0.354 e. The normalized spacial score (nSPS) is 13.8. The molecule has 0 heterocycles. The van der Waals surface area contributed by atoms with Crippen molar-refractivity contribution in [3.63, 3.8) is 0 Å². The molecule has 1 N–H and O–H groups in total. The van der Waals surface area contributed by atoms with E-state index in [-0.39, 0.29) is 11.5 Å². The summed E-state index contributed by atoms with van der Waals surface area (Å²) in [5.74, 6) is -3.65. The minimum absolute atomic E-state index is 0.0704. The quantitative estimate of drug-likeness (QED) is 0.164. The van der Waals surface area contributed by atoms with Crippen LogP contribution in [-0.2, 0) is 46.0 Å². The van der Waals surface area contributed by atoms with E-state index in [2.05, 4.69) is 4.72 Å². The number of methoxy groups -OCH3 is 2. The number of carbonyl (C=O) groups is 2. The molecule has 2 unspecified atom stereocenters. The van der Waals surface area contributed by atoms with Gasteiger partial charge in [-0.3, -0.25) is 4.72 Å². The third-order valence-electron chi connectivity index (χ3n) is 6.98. The number of hydrogen-bond donors (Lipinski definition) is 1. The van der Waals surface area contributed by atoms with E-state index in [0.29, 0.717) is 11.1 Å². The van der Waals surface area contributed by atoms with E-state index in [1.165, 1.54) is 49.6 Å². The summed E-state index contributed by atoms with van der Waals surface area (Å²) in [5, 5.41) is 0. The highest BCUT2D eigenvalue weighted by Gasteiger charge is 2.50. The molecule has 0 radical (unpaired) electrons. The first-order valence-electron chi connectivity index (χ1n) is 13.6. The molecule has 0 aromatic heterocycles. The molecule has 228 valence electrons. The Morgan fingerprint density at radius 2 is 1.43 bits per heavy atom. The van der Waals surface area contributed by atoms with Gasteiger partial charge in [0, 0.05) is 5.92 Å². The summed E-state index contributed by atoms with van der Waals surface area (Å²) >= 11 is 0. The van der Waals surface area contributed by atoms with Crippen molar-refractivity contribution < 1.29 is 36.6 Å². The number of nitrogens with one attached hydrogen (secondary N) is 1. The topological polar surface area (TPSA) is 108 Å². The maximum absolute atomic E-state index is 14.1. The fourth-order valence-corrected chi connectivity index (χ4v) is 5.78. The molecule has 44 heavy (non-hydrogen) atoms. The molecule has 8 nitrogen and oxygen atoms in total. The van der Waals surface area contributed by atoms with Crippen LogP contribution in [0.1, 0.15) is 28.2 Å². The average molecular weight is 618 g/mol. The van der Waals surface area contributed by atoms with Gasteiger partial charge in [0.1, 0.15) is 11.5 Å². The zero-order valence-electron chi connectivity index (χ0n) is 24.4. The van der Waals surface area contributed by atoms with Crippen LogP contribution in [0, 0.1) is 12.7 Å². The second kappa shape index (κ2) is 14.1. The van der Waals surface area contributed by atoms with Crippen LogP contribution >= 0.6 is 0 Å². The second-order valence-corrected chi connectivity index (χ2v) is 11.6. The Bertz CT molecular complexity index is 1710. The van der Waals surface area contributed by atoms with E-state index in [1.54, 1.807) is 42.5 Å². The van der Waals surface area contributed by atoms with Crippen LogP contribution in [0.15, 0.2) is 126 Å². The van der Waals surface area contributed by atoms with E-state index in [9.17, 15) is 22.4 Å². The molecule has 0 aliphatic rings. The lowest BCUT2D eigenvalue weighted by Crippen LogP contribution is -2.45. The van der Waals surface area contributed by atoms with Crippen LogP contribution in [0.5, 0.6) is 0 Å². The van der Waals surface area contributed by atoms with Gasteiger partial charge >= 0.3 is 11.9 Å². The van der Waals surface area contributed by atoms with Crippen molar-refractivity contribution in [2.75, 3.05) is 14.2 Å². The first kappa shape index (κ1) is 32.1. The number of hydrogen-bond acceptors (Lipinski definition) is 7. The first-order valence-corrected chi connectivity index (χ1v) is 15.1. The first-order chi connectivity index (χ1) is 21.1. The summed E-state index contributed by atoms with van der Waals surface area (Å²) in [6.07, 6.45) is 1.24. The van der Waals surface area contributed by atoms with Gasteiger partial charge in [-0.25, -0.2) is 22.4 Å². The Labute approximate surface area is 256 Å². The molecule has 4 aromatic rings.